The molecule has 1 fully saturated rings. The molecular weight excluding hydrogens is 300 g/mol. The molecule has 23 heavy (non-hydrogen) atoms. The number of ketones is 1. The molecule has 3 nitrogen and oxygen atoms in total. The maximum Gasteiger partial charge on any atom is 0.263 e. The molecule has 1 aliphatic heterocycles. The van der Waals surface area contributed by atoms with Crippen molar-refractivity contribution in [1.82, 2.24) is 4.90 Å². The van der Waals surface area contributed by atoms with Crippen molar-refractivity contribution in [3.63, 3.8) is 0 Å². The van der Waals surface area contributed by atoms with E-state index in [0.29, 0.717) is 19.5 Å². The molecule has 1 unspecified atom stereocenters. The monoisotopic (exact) mass is 333 g/mol. The molecule has 0 amide bonds. The van der Waals surface area contributed by atoms with Gasteiger partial charge in [-0.15, -0.1) is 0 Å². The Kier molecular flexibility index (Phi) is 8.62. The number of carbonyl (C=O) groups excluding carboxylic acids is 1. The summed E-state index contributed by atoms with van der Waals surface area (Å²) in [6.07, 6.45) is 3.60. The van der Waals surface area contributed by atoms with E-state index in [1.165, 1.54) is 0 Å². The van der Waals surface area contributed by atoms with Gasteiger partial charge in [0.25, 0.3) is 5.92 Å². The molecule has 5 heteroatoms. The topological polar surface area (TPSA) is 29.5 Å². The summed E-state index contributed by atoms with van der Waals surface area (Å²) in [5.41, 5.74) is 0. The third-order valence-electron chi connectivity index (χ3n) is 4.49. The Balaban J connectivity index is 2.26. The van der Waals surface area contributed by atoms with Crippen LogP contribution in [0.15, 0.2) is 0 Å². The van der Waals surface area contributed by atoms with Crippen LogP contribution in [0.25, 0.3) is 0 Å². The number of alkyl halides is 2. The Morgan fingerprint density at radius 2 is 1.91 bits per heavy atom. The number of ether oxygens (including phenoxy) is 1. The highest BCUT2D eigenvalue weighted by Crippen LogP contribution is 2.35. The molecule has 1 heterocycles. The van der Waals surface area contributed by atoms with Gasteiger partial charge in [-0.05, 0) is 52.6 Å². The Morgan fingerprint density at radius 3 is 2.48 bits per heavy atom. The number of halogens is 2. The fourth-order valence-corrected chi connectivity index (χ4v) is 2.91. The number of carbonyl (C=O) groups is 1. The van der Waals surface area contributed by atoms with E-state index in [1.54, 1.807) is 13.8 Å². The summed E-state index contributed by atoms with van der Waals surface area (Å²) in [6.45, 7) is 9.50. The maximum absolute atomic E-state index is 14.2. The van der Waals surface area contributed by atoms with Crippen LogP contribution in [0.5, 0.6) is 0 Å². The number of rotatable bonds is 10. The minimum Gasteiger partial charge on any atom is -0.379 e. The quantitative estimate of drug-likeness (QED) is 0.562. The van der Waals surface area contributed by atoms with Gasteiger partial charge in [-0.25, -0.2) is 8.78 Å². The fourth-order valence-electron chi connectivity index (χ4n) is 2.91. The van der Waals surface area contributed by atoms with E-state index in [1.807, 2.05) is 18.7 Å². The molecule has 1 rings (SSSR count). The molecule has 0 aromatic rings. The zero-order valence-corrected chi connectivity index (χ0v) is 15.1. The van der Waals surface area contributed by atoms with Crippen LogP contribution < -0.4 is 0 Å². The van der Waals surface area contributed by atoms with Crippen molar-refractivity contribution < 1.29 is 18.3 Å². The molecule has 0 saturated carbocycles. The third-order valence-corrected chi connectivity index (χ3v) is 4.49. The van der Waals surface area contributed by atoms with E-state index in [9.17, 15) is 13.6 Å². The Morgan fingerprint density at radius 1 is 1.22 bits per heavy atom. The van der Waals surface area contributed by atoms with E-state index in [2.05, 4.69) is 0 Å². The summed E-state index contributed by atoms with van der Waals surface area (Å²) in [4.78, 5) is 13.6. The van der Waals surface area contributed by atoms with Crippen molar-refractivity contribution in [3.05, 3.63) is 0 Å². The summed E-state index contributed by atoms with van der Waals surface area (Å²) in [5.74, 6) is -3.73. The van der Waals surface area contributed by atoms with Gasteiger partial charge in [0.15, 0.2) is 0 Å². The lowest BCUT2D eigenvalue weighted by molar-refractivity contribution is -0.137. The van der Waals surface area contributed by atoms with Crippen LogP contribution in [0.3, 0.4) is 0 Å². The molecular formula is C18H33F2NO2. The van der Waals surface area contributed by atoms with E-state index >= 15 is 0 Å². The van der Waals surface area contributed by atoms with E-state index in [0.717, 1.165) is 25.9 Å². The predicted molar refractivity (Wildman–Crippen MR) is 88.9 cm³/mol. The van der Waals surface area contributed by atoms with Crippen molar-refractivity contribution in [3.8, 4) is 0 Å². The molecule has 0 aliphatic carbocycles. The van der Waals surface area contributed by atoms with Crippen LogP contribution in [-0.4, -0.2) is 49.0 Å². The zero-order chi connectivity index (χ0) is 17.5. The fraction of sp³-hybridized carbons (Fsp3) is 0.944. The summed E-state index contributed by atoms with van der Waals surface area (Å²) < 4.78 is 34.0. The van der Waals surface area contributed by atoms with Gasteiger partial charge in [0.2, 0.25) is 0 Å². The lowest BCUT2D eigenvalue weighted by atomic mass is 9.86. The first-order valence-electron chi connectivity index (χ1n) is 8.97. The minimum atomic E-state index is -2.75. The lowest BCUT2D eigenvalue weighted by Crippen LogP contribution is -2.49. The van der Waals surface area contributed by atoms with E-state index in [4.69, 9.17) is 4.74 Å². The van der Waals surface area contributed by atoms with Crippen molar-refractivity contribution in [2.75, 3.05) is 26.2 Å². The van der Waals surface area contributed by atoms with Crippen LogP contribution in [0.4, 0.5) is 8.78 Å². The molecule has 0 aromatic heterocycles. The first-order chi connectivity index (χ1) is 10.7. The number of hydrogen-bond donors (Lipinski definition) is 0. The minimum absolute atomic E-state index is 0.0189. The molecule has 0 aromatic carbocycles. The van der Waals surface area contributed by atoms with Crippen molar-refractivity contribution >= 4 is 5.78 Å². The van der Waals surface area contributed by atoms with Crippen molar-refractivity contribution in [2.45, 2.75) is 71.8 Å². The second kappa shape index (κ2) is 9.67. The van der Waals surface area contributed by atoms with Crippen LogP contribution in [-0.2, 0) is 9.53 Å². The van der Waals surface area contributed by atoms with Crippen molar-refractivity contribution in [2.24, 2.45) is 11.8 Å². The van der Waals surface area contributed by atoms with Crippen LogP contribution in [0, 0.1) is 11.8 Å². The number of likely N-dealkylation sites (tertiary alicyclic amines) is 1. The highest BCUT2D eigenvalue weighted by Gasteiger charge is 2.44. The summed E-state index contributed by atoms with van der Waals surface area (Å²) in [7, 11) is 0. The van der Waals surface area contributed by atoms with Crippen LogP contribution in [0.1, 0.15) is 59.8 Å². The molecule has 0 radical (unpaired) electrons. The standard InChI is InChI=1S/C18H33F2NO2/c1-14(2)17(22)12-16-8-10-21(13-18(16,19)20)9-6-5-7-11-23-15(3)4/h14-16H,5-13H2,1-4H3. The second-order valence-corrected chi connectivity index (χ2v) is 7.33. The lowest BCUT2D eigenvalue weighted by Gasteiger charge is -2.38. The predicted octanol–water partition coefficient (Wildman–Crippen LogP) is 4.15. The van der Waals surface area contributed by atoms with Gasteiger partial charge in [0.05, 0.1) is 12.6 Å². The molecule has 1 atom stereocenters. The second-order valence-electron chi connectivity index (χ2n) is 7.33. The first-order valence-corrected chi connectivity index (χ1v) is 8.97. The van der Waals surface area contributed by atoms with Crippen LogP contribution in [0.2, 0.25) is 0 Å². The highest BCUT2D eigenvalue weighted by molar-refractivity contribution is 5.80. The summed E-state index contributed by atoms with van der Waals surface area (Å²) in [5, 5.41) is 0. The molecule has 136 valence electrons. The van der Waals surface area contributed by atoms with Crippen LogP contribution >= 0.6 is 0 Å². The Labute approximate surface area is 139 Å². The van der Waals surface area contributed by atoms with Gasteiger partial charge >= 0.3 is 0 Å². The SMILES string of the molecule is CC(C)OCCCCCN1CCC(CC(=O)C(C)C)C(F)(F)C1. The van der Waals surface area contributed by atoms with Gasteiger partial charge in [-0.1, -0.05) is 13.8 Å². The molecule has 1 saturated heterocycles. The van der Waals surface area contributed by atoms with Gasteiger partial charge in [0, 0.05) is 24.9 Å². The Hall–Kier alpha value is -0.550. The third kappa shape index (κ3) is 7.71. The smallest absolute Gasteiger partial charge is 0.263 e. The average molecular weight is 333 g/mol. The zero-order valence-electron chi connectivity index (χ0n) is 15.1. The molecule has 1 aliphatic rings. The van der Waals surface area contributed by atoms with Gasteiger partial charge in [0.1, 0.15) is 5.78 Å². The first kappa shape index (κ1) is 20.5. The normalized spacial score (nSPS) is 22.0. The number of unbranched alkanes of at least 4 members (excludes halogenated alkanes) is 2. The average Bonchev–Trinajstić information content (AvgIpc) is 2.44. The van der Waals surface area contributed by atoms with E-state index < -0.39 is 11.8 Å². The molecule has 0 spiro atoms. The summed E-state index contributed by atoms with van der Waals surface area (Å²) in [6, 6.07) is 0. The van der Waals surface area contributed by atoms with Gasteiger partial charge in [-0.3, -0.25) is 9.69 Å². The highest BCUT2D eigenvalue weighted by atomic mass is 19.3. The molecule has 0 N–H and O–H groups in total. The number of Topliss-reactive ketones (excluding diaryl/α,β-unsaturated/α-hetero) is 1. The largest absolute Gasteiger partial charge is 0.379 e. The molecule has 0 bridgehead atoms. The number of nitrogens with zero attached hydrogens (tertiary/aromatic N) is 1. The number of hydrogen-bond acceptors (Lipinski definition) is 3. The maximum atomic E-state index is 14.2. The number of piperidine rings is 1. The Bertz CT molecular complexity index is 359. The van der Waals surface area contributed by atoms with Crippen molar-refractivity contribution in [1.29, 1.82) is 0 Å². The van der Waals surface area contributed by atoms with E-state index in [-0.39, 0.29) is 30.8 Å². The summed E-state index contributed by atoms with van der Waals surface area (Å²) >= 11 is 0. The van der Waals surface area contributed by atoms with Gasteiger partial charge in [-0.2, -0.15) is 0 Å². The van der Waals surface area contributed by atoms with Gasteiger partial charge < -0.3 is 4.74 Å².